The molecule has 1 aromatic rings. The van der Waals surface area contributed by atoms with Gasteiger partial charge >= 0.3 is 5.69 Å². The van der Waals surface area contributed by atoms with Gasteiger partial charge in [0, 0.05) is 13.1 Å². The van der Waals surface area contributed by atoms with E-state index in [-0.39, 0.29) is 13.1 Å². The molecule has 0 bridgehead atoms. The summed E-state index contributed by atoms with van der Waals surface area (Å²) in [5.74, 6) is -3.13. The molecule has 1 amide bonds. The van der Waals surface area contributed by atoms with Gasteiger partial charge < -0.3 is 10.0 Å². The average molecular weight is 300 g/mol. The molecular formula is C13H14F2N2O4. The predicted molar refractivity (Wildman–Crippen MR) is 68.8 cm³/mol. The smallest absolute Gasteiger partial charge is 0.307 e. The first-order chi connectivity index (χ1) is 9.71. The fourth-order valence-electron chi connectivity index (χ4n) is 2.20. The molecule has 1 aliphatic heterocycles. The van der Waals surface area contributed by atoms with E-state index in [9.17, 15) is 28.8 Å². The second kappa shape index (κ2) is 5.36. The summed E-state index contributed by atoms with van der Waals surface area (Å²) in [6.45, 7) is 2.06. The zero-order valence-corrected chi connectivity index (χ0v) is 11.3. The molecule has 8 heteroatoms. The van der Waals surface area contributed by atoms with Gasteiger partial charge in [-0.2, -0.15) is 4.39 Å². The van der Waals surface area contributed by atoms with Crippen molar-refractivity contribution >= 4 is 11.6 Å². The van der Waals surface area contributed by atoms with Crippen LogP contribution in [0.5, 0.6) is 0 Å². The number of nitro benzene ring substituents is 1. The Balaban J connectivity index is 2.24. The molecule has 0 aromatic heterocycles. The lowest BCUT2D eigenvalue weighted by atomic mass is 9.93. The number of piperidine rings is 1. The van der Waals surface area contributed by atoms with Gasteiger partial charge in [0.05, 0.1) is 22.2 Å². The van der Waals surface area contributed by atoms with Crippen LogP contribution in [0.15, 0.2) is 12.1 Å². The summed E-state index contributed by atoms with van der Waals surface area (Å²) in [6.07, 6.45) is 0.658. The normalized spacial score (nSPS) is 17.6. The highest BCUT2D eigenvalue weighted by Gasteiger charge is 2.32. The van der Waals surface area contributed by atoms with Gasteiger partial charge in [0.2, 0.25) is 5.82 Å². The molecule has 114 valence electrons. The van der Waals surface area contributed by atoms with Gasteiger partial charge in [-0.25, -0.2) is 4.39 Å². The lowest BCUT2D eigenvalue weighted by molar-refractivity contribution is -0.387. The largest absolute Gasteiger partial charge is 0.390 e. The third-order valence-electron chi connectivity index (χ3n) is 3.59. The van der Waals surface area contributed by atoms with Crippen molar-refractivity contribution in [1.29, 1.82) is 0 Å². The van der Waals surface area contributed by atoms with Crippen LogP contribution in [0.3, 0.4) is 0 Å². The first-order valence-electron chi connectivity index (χ1n) is 6.36. The molecule has 1 saturated heterocycles. The molecule has 2 rings (SSSR count). The molecule has 6 nitrogen and oxygen atoms in total. The van der Waals surface area contributed by atoms with Crippen LogP contribution >= 0.6 is 0 Å². The van der Waals surface area contributed by atoms with Gasteiger partial charge in [-0.3, -0.25) is 14.9 Å². The van der Waals surface area contributed by atoms with Crippen LogP contribution in [0.25, 0.3) is 0 Å². The summed E-state index contributed by atoms with van der Waals surface area (Å²) < 4.78 is 27.3. The molecule has 0 unspecified atom stereocenters. The number of carbonyl (C=O) groups is 1. The monoisotopic (exact) mass is 300 g/mol. The van der Waals surface area contributed by atoms with Crippen molar-refractivity contribution in [3.8, 4) is 0 Å². The standard InChI is InChI=1S/C13H14F2N2O4/c1-13(19)2-4-16(5-3-13)12(18)8-6-10(15)11(17(20)21)7-9(8)14/h6-7,19H,2-5H2,1H3. The Morgan fingerprint density at radius 2 is 1.90 bits per heavy atom. The number of benzene rings is 1. The van der Waals surface area contributed by atoms with E-state index in [0.717, 1.165) is 0 Å². The van der Waals surface area contributed by atoms with Crippen LogP contribution in [0.1, 0.15) is 30.1 Å². The van der Waals surface area contributed by atoms with Gasteiger partial charge in [0.1, 0.15) is 5.82 Å². The van der Waals surface area contributed by atoms with E-state index in [1.54, 1.807) is 6.92 Å². The Hall–Kier alpha value is -2.09. The second-order valence-corrected chi connectivity index (χ2v) is 5.33. The van der Waals surface area contributed by atoms with E-state index < -0.39 is 39.3 Å². The van der Waals surface area contributed by atoms with E-state index >= 15 is 0 Å². The summed E-state index contributed by atoms with van der Waals surface area (Å²) in [5, 5.41) is 20.3. The maximum absolute atomic E-state index is 13.8. The molecular weight excluding hydrogens is 286 g/mol. The van der Waals surface area contributed by atoms with Crippen LogP contribution in [0.2, 0.25) is 0 Å². The number of nitro groups is 1. The molecule has 0 radical (unpaired) electrons. The zero-order chi connectivity index (χ0) is 15.8. The quantitative estimate of drug-likeness (QED) is 0.667. The number of amides is 1. The molecule has 21 heavy (non-hydrogen) atoms. The number of aliphatic hydroxyl groups is 1. The number of nitrogens with zero attached hydrogens (tertiary/aromatic N) is 2. The number of likely N-dealkylation sites (tertiary alicyclic amines) is 1. The van der Waals surface area contributed by atoms with E-state index in [2.05, 4.69) is 0 Å². The van der Waals surface area contributed by atoms with Gasteiger partial charge in [0.25, 0.3) is 5.91 Å². The molecule has 0 saturated carbocycles. The first-order valence-corrected chi connectivity index (χ1v) is 6.36. The molecule has 0 spiro atoms. The van der Waals surface area contributed by atoms with E-state index in [4.69, 9.17) is 0 Å². The van der Waals surface area contributed by atoms with Crippen LogP contribution in [0.4, 0.5) is 14.5 Å². The van der Waals surface area contributed by atoms with Gasteiger partial charge in [-0.1, -0.05) is 0 Å². The minimum absolute atomic E-state index is 0.212. The molecule has 1 N–H and O–H groups in total. The van der Waals surface area contributed by atoms with Crippen molar-refractivity contribution < 1.29 is 23.6 Å². The minimum Gasteiger partial charge on any atom is -0.390 e. The zero-order valence-electron chi connectivity index (χ0n) is 11.3. The maximum Gasteiger partial charge on any atom is 0.307 e. The van der Waals surface area contributed by atoms with E-state index in [0.29, 0.717) is 25.0 Å². The molecule has 0 aliphatic carbocycles. The highest BCUT2D eigenvalue weighted by molar-refractivity contribution is 5.94. The third-order valence-corrected chi connectivity index (χ3v) is 3.59. The fraction of sp³-hybridized carbons (Fsp3) is 0.462. The molecule has 1 aromatic carbocycles. The fourth-order valence-corrected chi connectivity index (χ4v) is 2.20. The van der Waals surface area contributed by atoms with Gasteiger partial charge in [-0.15, -0.1) is 0 Å². The van der Waals surface area contributed by atoms with Gasteiger partial charge in [-0.05, 0) is 25.8 Å². The first kappa shape index (κ1) is 15.3. The number of carbonyl (C=O) groups excluding carboxylic acids is 1. The lowest BCUT2D eigenvalue weighted by Gasteiger charge is -2.35. The minimum atomic E-state index is -1.26. The van der Waals surface area contributed by atoms with E-state index in [1.807, 2.05) is 0 Å². The van der Waals surface area contributed by atoms with Crippen LogP contribution in [0, 0.1) is 21.7 Å². The summed E-state index contributed by atoms with van der Waals surface area (Å²) in [6, 6.07) is 0.950. The highest BCUT2D eigenvalue weighted by Crippen LogP contribution is 2.25. The van der Waals surface area contributed by atoms with Gasteiger partial charge in [0.15, 0.2) is 0 Å². The summed E-state index contributed by atoms with van der Waals surface area (Å²) >= 11 is 0. The van der Waals surface area contributed by atoms with Crippen LogP contribution < -0.4 is 0 Å². The van der Waals surface area contributed by atoms with Crippen molar-refractivity contribution in [1.82, 2.24) is 4.90 Å². The number of hydrogen-bond acceptors (Lipinski definition) is 4. The molecule has 1 fully saturated rings. The SMILES string of the molecule is CC1(O)CCN(C(=O)c2cc(F)c([N+](=O)[O-])cc2F)CC1. The third kappa shape index (κ3) is 3.15. The van der Waals surface area contributed by atoms with Crippen molar-refractivity contribution in [2.45, 2.75) is 25.4 Å². The Bertz CT molecular complexity index is 594. The van der Waals surface area contributed by atoms with Crippen molar-refractivity contribution in [3.05, 3.63) is 39.4 Å². The van der Waals surface area contributed by atoms with E-state index in [1.165, 1.54) is 4.90 Å². The predicted octanol–water partition coefficient (Wildman–Crippen LogP) is 1.86. The van der Waals surface area contributed by atoms with Crippen LogP contribution in [-0.4, -0.2) is 39.5 Å². The highest BCUT2D eigenvalue weighted by atomic mass is 19.1. The van der Waals surface area contributed by atoms with Crippen molar-refractivity contribution in [2.75, 3.05) is 13.1 Å². The Morgan fingerprint density at radius 3 is 2.43 bits per heavy atom. The van der Waals surface area contributed by atoms with Crippen LogP contribution in [-0.2, 0) is 0 Å². The number of halogens is 2. The lowest BCUT2D eigenvalue weighted by Crippen LogP contribution is -2.45. The summed E-state index contributed by atoms with van der Waals surface area (Å²) in [7, 11) is 0. The second-order valence-electron chi connectivity index (χ2n) is 5.33. The average Bonchev–Trinajstić information content (AvgIpc) is 2.40. The summed E-state index contributed by atoms with van der Waals surface area (Å²) in [5.41, 5.74) is -2.43. The summed E-state index contributed by atoms with van der Waals surface area (Å²) in [4.78, 5) is 22.9. The number of rotatable bonds is 2. The molecule has 1 heterocycles. The number of hydrogen-bond donors (Lipinski definition) is 1. The van der Waals surface area contributed by atoms with Crippen molar-refractivity contribution in [3.63, 3.8) is 0 Å². The topological polar surface area (TPSA) is 83.7 Å². The maximum atomic E-state index is 13.8. The molecule has 1 aliphatic rings. The Labute approximate surface area is 119 Å². The van der Waals surface area contributed by atoms with Crippen molar-refractivity contribution in [2.24, 2.45) is 0 Å². The Morgan fingerprint density at radius 1 is 1.33 bits per heavy atom. The molecule has 0 atom stereocenters. The Kier molecular flexibility index (Phi) is 3.91.